The smallest absolute Gasteiger partial charge is 0.0635 e. The van der Waals surface area contributed by atoms with Gasteiger partial charge in [0.1, 0.15) is 0 Å². The number of halogens is 2. The van der Waals surface area contributed by atoms with Gasteiger partial charge >= 0.3 is 76.7 Å². The number of fused-ring (bicyclic) bond motifs is 6. The Hall–Kier alpha value is -1.79. The third-order valence-electron chi connectivity index (χ3n) is 14.1. The van der Waals surface area contributed by atoms with Crippen LogP contribution < -0.4 is 24.8 Å². The predicted octanol–water partition coefficient (Wildman–Crippen LogP) is 7.07. The summed E-state index contributed by atoms with van der Waals surface area (Å²) in [7, 11) is 0. The van der Waals surface area contributed by atoms with Gasteiger partial charge in [-0.2, -0.15) is 34.4 Å². The molecule has 0 aromatic heterocycles. The van der Waals surface area contributed by atoms with E-state index in [0.29, 0.717) is 11.3 Å². The molecule has 0 N–H and O–H groups in total. The van der Waals surface area contributed by atoms with Crippen LogP contribution in [0.25, 0.3) is 5.57 Å². The summed E-state index contributed by atoms with van der Waals surface area (Å²) in [5, 5.41) is 0. The molecule has 1 fully saturated rings. The predicted molar refractivity (Wildman–Crippen MR) is 211 cm³/mol. The fourth-order valence-electron chi connectivity index (χ4n) is 9.40. The van der Waals surface area contributed by atoms with Crippen molar-refractivity contribution in [1.29, 1.82) is 0 Å². The largest absolute Gasteiger partial charge is 1.00 e. The third kappa shape index (κ3) is 7.37. The van der Waals surface area contributed by atoms with Crippen molar-refractivity contribution in [2.75, 3.05) is 0 Å². The Kier molecular flexibility index (Phi) is 13.3. The summed E-state index contributed by atoms with van der Waals surface area (Å²) in [4.78, 5) is 0. The zero-order valence-corrected chi connectivity index (χ0v) is 37.9. The molecular weight excluding hydrogens is 739 g/mol. The van der Waals surface area contributed by atoms with Crippen LogP contribution in [-0.2, 0) is 36.1 Å². The van der Waals surface area contributed by atoms with Crippen LogP contribution in [0.4, 0.5) is 0 Å². The van der Waals surface area contributed by atoms with E-state index in [1.54, 1.807) is 28.2 Å². The minimum absolute atomic E-state index is 0. The molecule has 3 aromatic rings. The van der Waals surface area contributed by atoms with Crippen LogP contribution in [0.15, 0.2) is 95.6 Å². The first-order valence-corrected chi connectivity index (χ1v) is 19.8. The van der Waals surface area contributed by atoms with Crippen molar-refractivity contribution >= 4 is 8.78 Å². The van der Waals surface area contributed by atoms with Crippen molar-refractivity contribution in [2.24, 2.45) is 27.6 Å². The fraction of sp³-hybridized carbons (Fsp3) is 0.479. The molecule has 274 valence electrons. The van der Waals surface area contributed by atoms with E-state index in [1.165, 1.54) is 73.7 Å². The van der Waals surface area contributed by atoms with Gasteiger partial charge in [-0.1, -0.05) is 147 Å². The van der Waals surface area contributed by atoms with Gasteiger partial charge in [0, 0.05) is 0 Å². The Morgan fingerprint density at radius 3 is 2.02 bits per heavy atom. The number of benzene rings is 2. The summed E-state index contributed by atoms with van der Waals surface area (Å²) in [6.07, 6.45) is 8.50. The Labute approximate surface area is 339 Å². The van der Waals surface area contributed by atoms with E-state index in [1.807, 2.05) is 0 Å². The summed E-state index contributed by atoms with van der Waals surface area (Å²) in [6.45, 7) is 33.4. The average molecular weight is 801 g/mol. The van der Waals surface area contributed by atoms with Gasteiger partial charge in [-0.15, -0.1) is 6.92 Å². The Morgan fingerprint density at radius 1 is 0.882 bits per heavy atom. The van der Waals surface area contributed by atoms with Gasteiger partial charge in [0.15, 0.2) is 0 Å². The number of hydrogen-bond acceptors (Lipinski definition) is 0. The monoisotopic (exact) mass is 798 g/mol. The summed E-state index contributed by atoms with van der Waals surface area (Å²) in [5.41, 5.74) is 16.1. The van der Waals surface area contributed by atoms with E-state index in [2.05, 4.69) is 176 Å². The van der Waals surface area contributed by atoms with Gasteiger partial charge < -0.3 is 24.8 Å². The number of allylic oxidation sites excluding steroid dienone is 6. The molecule has 0 aliphatic heterocycles. The van der Waals surface area contributed by atoms with Crippen LogP contribution in [0.2, 0.25) is 0 Å². The van der Waals surface area contributed by atoms with Crippen molar-refractivity contribution in [1.82, 2.24) is 0 Å². The first-order valence-electron chi connectivity index (χ1n) is 18.6. The minimum Gasteiger partial charge on any atom is -1.00 e. The molecule has 0 saturated heterocycles. The number of rotatable bonds is 1. The van der Waals surface area contributed by atoms with Gasteiger partial charge in [-0.05, 0) is 40.6 Å². The van der Waals surface area contributed by atoms with Crippen molar-refractivity contribution in [3.05, 3.63) is 135 Å². The maximum atomic E-state index is 2.62. The topological polar surface area (TPSA) is 0 Å². The molecule has 0 spiro atoms. The zero-order valence-electron chi connectivity index (χ0n) is 34.0. The van der Waals surface area contributed by atoms with E-state index >= 15 is 0 Å². The summed E-state index contributed by atoms with van der Waals surface area (Å²) in [5.74, 6) is 2.24. The van der Waals surface area contributed by atoms with E-state index in [9.17, 15) is 0 Å². The quantitative estimate of drug-likeness (QED) is 0.232. The molecule has 51 heavy (non-hydrogen) atoms. The first kappa shape index (κ1) is 43.6. The van der Waals surface area contributed by atoms with Gasteiger partial charge in [-0.3, -0.25) is 0 Å². The van der Waals surface area contributed by atoms with Crippen LogP contribution >= 0.6 is 0 Å². The maximum absolute atomic E-state index is 2.62. The van der Waals surface area contributed by atoms with Crippen LogP contribution in [0, 0.1) is 47.3 Å². The molecule has 7 rings (SSSR count). The molecule has 0 radical (unpaired) electrons. The van der Waals surface area contributed by atoms with Crippen LogP contribution in [0.3, 0.4) is 0 Å². The molecular formula is C48H62Cl2Zr-2. The fourth-order valence-corrected chi connectivity index (χ4v) is 9.81. The molecule has 3 heteroatoms. The van der Waals surface area contributed by atoms with Crippen molar-refractivity contribution in [3.63, 3.8) is 0 Å². The summed E-state index contributed by atoms with van der Waals surface area (Å²) >= 11 is 1.51. The molecule has 1 saturated carbocycles. The van der Waals surface area contributed by atoms with Gasteiger partial charge in [0.05, 0.1) is 0 Å². The maximum Gasteiger partial charge on any atom is -0.0635 e. The first-order chi connectivity index (χ1) is 22.7. The minimum atomic E-state index is 0. The third-order valence-corrected chi connectivity index (χ3v) is 14.8. The van der Waals surface area contributed by atoms with Crippen molar-refractivity contribution in [2.45, 2.75) is 122 Å². The second-order valence-corrected chi connectivity index (χ2v) is 20.0. The molecule has 0 nitrogen and oxygen atoms in total. The van der Waals surface area contributed by atoms with Crippen LogP contribution in [0.1, 0.15) is 129 Å². The number of aryl methyl sites for hydroxylation is 2. The SMILES string of the molecule is C[C-]1C2=C3Cc4ccccc4C3=C3C=CCCC3C2(C)C(C)(C)C(C)(C)C1(C)C.C[C](=[Zr+2])c1ccc(C)cc1.Cc1cc(C(C)(C)C)c[cH-]1.[Cl-].[Cl-]. The van der Waals surface area contributed by atoms with Gasteiger partial charge in [0.2, 0.25) is 0 Å². The van der Waals surface area contributed by atoms with Crippen molar-refractivity contribution < 1.29 is 49.0 Å². The Bertz CT molecular complexity index is 1810. The second kappa shape index (κ2) is 15.5. The Balaban J connectivity index is 0.000000263. The number of hydrogen-bond donors (Lipinski definition) is 0. The van der Waals surface area contributed by atoms with Crippen LogP contribution in [0.5, 0.6) is 0 Å². The van der Waals surface area contributed by atoms with E-state index in [0.717, 1.165) is 6.42 Å². The van der Waals surface area contributed by atoms with Gasteiger partial charge in [-0.25, -0.2) is 12.0 Å². The van der Waals surface area contributed by atoms with Gasteiger partial charge in [0.25, 0.3) is 0 Å². The molecule has 2 unspecified atom stereocenters. The second-order valence-electron chi connectivity index (χ2n) is 18.2. The Morgan fingerprint density at radius 2 is 1.49 bits per heavy atom. The molecule has 0 heterocycles. The van der Waals surface area contributed by atoms with Crippen molar-refractivity contribution in [3.8, 4) is 0 Å². The normalized spacial score (nSPS) is 23.1. The molecule has 2 atom stereocenters. The molecule has 0 bridgehead atoms. The summed E-state index contributed by atoms with van der Waals surface area (Å²) < 4.78 is 1.46. The summed E-state index contributed by atoms with van der Waals surface area (Å²) in [6, 6.07) is 24.5. The zero-order chi connectivity index (χ0) is 36.3. The van der Waals surface area contributed by atoms with E-state index < -0.39 is 0 Å². The molecule has 4 aliphatic rings. The molecule has 0 amide bonds. The van der Waals surface area contributed by atoms with E-state index in [4.69, 9.17) is 0 Å². The van der Waals surface area contributed by atoms with Crippen LogP contribution in [-0.4, -0.2) is 3.21 Å². The molecule has 4 aliphatic carbocycles. The standard InChI is InChI=1S/C29H37.C10H15.C9H10.2ClH.Zr/c1-18-25-22-17-19-13-9-10-14-20(19)24(22)21-15-11-12-16-23(21)29(25,8)28(6,7)27(4,5)26(18,2)3;1-8-5-6-9(7-8)10(2,3)4;1-3-9-6-4-8(2)5-7-9;;;/h9-11,13-15,23H,12,16-17H2,1-8H3;5-7H,1-4H3;4-7H,1-2H3;2*1H;/q2*-1;;;;+2/p-2. The van der Waals surface area contributed by atoms with E-state index in [-0.39, 0.29) is 46.5 Å². The molecule has 3 aromatic carbocycles. The average Bonchev–Trinajstić information content (AvgIpc) is 3.65.